The Bertz CT molecular complexity index is 8360. The molecule has 0 radical (unpaired) electrons. The van der Waals surface area contributed by atoms with Crippen molar-refractivity contribution in [2.24, 2.45) is 0 Å². The van der Waals surface area contributed by atoms with Gasteiger partial charge in [-0.15, -0.1) is 0 Å². The molecule has 762 valence electrons. The van der Waals surface area contributed by atoms with E-state index < -0.39 is 267 Å². The Balaban J connectivity index is 0.000000216. The molecule has 15 rings (SSSR count). The van der Waals surface area contributed by atoms with Crippen molar-refractivity contribution < 1.29 is 112 Å². The van der Waals surface area contributed by atoms with Gasteiger partial charge in [-0.1, -0.05) is 204 Å². The number of hydrogen-bond donors (Lipinski definition) is 0. The molecule has 0 saturated carbocycles. The van der Waals surface area contributed by atoms with Crippen LogP contribution >= 0.6 is 35.3 Å². The lowest BCUT2D eigenvalue weighted by Gasteiger charge is -2.28. The Labute approximate surface area is 891 Å². The van der Waals surface area contributed by atoms with E-state index in [-0.39, 0.29) is 207 Å². The number of thioether (sulfide) groups is 3. The Hall–Kier alpha value is -11.9. The van der Waals surface area contributed by atoms with Gasteiger partial charge in [-0.3, -0.25) is 28.8 Å². The maximum Gasteiger partial charge on any atom is 0.416 e. The summed E-state index contributed by atoms with van der Waals surface area (Å²) >= 11 is 0.688. The molecule has 33 heteroatoms. The van der Waals surface area contributed by atoms with Gasteiger partial charge in [0.25, 0.3) is 16.7 Å². The Morgan fingerprint density at radius 1 is 0.354 bits per heavy atom. The van der Waals surface area contributed by atoms with E-state index in [0.717, 1.165) is 136 Å². The van der Waals surface area contributed by atoms with Gasteiger partial charge in [0.15, 0.2) is 15.5 Å². The second-order valence-electron chi connectivity index (χ2n) is 32.5. The molecule has 0 saturated heterocycles. The van der Waals surface area contributed by atoms with Crippen LogP contribution in [-0.4, -0.2) is 154 Å². The molecule has 0 bridgehead atoms. The molecular formula is C111H120F12N12O6S3. The predicted molar refractivity (Wildman–Crippen MR) is 544 cm³/mol. The average molecular weight is 2080 g/mol. The summed E-state index contributed by atoms with van der Waals surface area (Å²) in [6.07, 6.45) is -12.8. The third-order valence-electron chi connectivity index (χ3n) is 23.0. The van der Waals surface area contributed by atoms with E-state index in [1.165, 1.54) is 60.6 Å². The lowest BCUT2D eigenvalue weighted by atomic mass is 9.97. The number of hydrogen-bond acceptors (Lipinski definition) is 15. The summed E-state index contributed by atoms with van der Waals surface area (Å²) in [5, 5.41) is -1.94. The van der Waals surface area contributed by atoms with Crippen LogP contribution in [0.1, 0.15) is 207 Å². The Kier molecular flexibility index (Phi) is 25.3. The molecule has 3 aromatic heterocycles. The highest BCUT2D eigenvalue weighted by atomic mass is 32.2. The monoisotopic (exact) mass is 2070 g/mol. The van der Waals surface area contributed by atoms with Crippen LogP contribution in [-0.2, 0) is 128 Å². The average Bonchev–Trinajstić information content (AvgIpc) is 1.30. The molecule has 144 heavy (non-hydrogen) atoms. The van der Waals surface area contributed by atoms with E-state index in [1.807, 2.05) is 18.7 Å². The minimum absolute atomic E-state index is 0.000591. The molecule has 12 aromatic rings. The van der Waals surface area contributed by atoms with Crippen LogP contribution in [0, 0.1) is 38.2 Å². The number of benzene rings is 9. The number of carbonyl (C=O) groups is 3. The minimum atomic E-state index is -4.73. The molecule has 0 unspecified atom stereocenters. The third-order valence-corrected chi connectivity index (χ3v) is 25.4. The highest BCUT2D eigenvalue weighted by Gasteiger charge is 2.35. The molecule has 0 N–H and O–H groups in total. The molecule has 0 spiro atoms. The van der Waals surface area contributed by atoms with Gasteiger partial charge >= 0.3 is 18.5 Å². The molecule has 3 amide bonds. The second kappa shape index (κ2) is 50.3. The molecule has 0 atom stereocenters. The zero-order valence-electron chi connectivity index (χ0n) is 112. The smallest absolute Gasteiger partial charge is 0.336 e. The first-order chi connectivity index (χ1) is 81.7. The normalized spacial score (nSPS) is 17.4. The topological polar surface area (TPSA) is 175 Å². The summed E-state index contributed by atoms with van der Waals surface area (Å²) in [7, 11) is 0. The van der Waals surface area contributed by atoms with Crippen LogP contribution in [0.3, 0.4) is 0 Å². The number of carbonyl (C=O) groups excluding carboxylic acids is 3. The van der Waals surface area contributed by atoms with Crippen molar-refractivity contribution in [3.63, 3.8) is 0 Å². The van der Waals surface area contributed by atoms with Gasteiger partial charge in [0.1, 0.15) is 36.9 Å². The van der Waals surface area contributed by atoms with Crippen LogP contribution in [0.2, 0.25) is 0 Å². The molecule has 9 aromatic carbocycles. The minimum Gasteiger partial charge on any atom is -0.336 e. The standard InChI is InChI=1S/3C37H40F4N4O2S/c3*1-4-43(5-2)19-20-44(22-27-11-18-31(25(3)21-27)28-12-14-29(15-13-28)37(39,40)41)34(46)23-45-33-8-6-7-32(33)35(47)42-36(45)48-24-26-9-16-30(38)17-10-26/h3*9-18,21H,4-8,19-20,22-24H2,1-3H3/i11D,18D,19D2,20D2,21D,22D2,23D2,24D2;11D,18D,19D2,20D2,21D,23D2,24D2;11D,18D,21D,22D2,23D2,24D2. The summed E-state index contributed by atoms with van der Waals surface area (Å²) in [6, 6.07) is 16.4. The molecule has 3 aliphatic carbocycles. The van der Waals surface area contributed by atoms with Gasteiger partial charge < -0.3 is 43.1 Å². The second-order valence-corrected chi connectivity index (χ2v) is 34.8. The predicted octanol–water partition coefficient (Wildman–Crippen LogP) is 22.6. The summed E-state index contributed by atoms with van der Waals surface area (Å²) in [6.45, 7) is -19.3. The fourth-order valence-electron chi connectivity index (χ4n) is 15.2. The SMILES string of the molecule is [2H]c1c([2H])c(-c2ccc(C(F)(F)F)cc2)c(C)c([2H])c1CN(C(=O)C([2H])([2H])n1c(SC([2H])([2H])c2ccc(F)cc2)nc(=O)c2c1CCC2)C([2H])([2H])C([2H])([2H])N(CC)CC.[2H]c1c([2H])c(C([2H])([2H])N(C(=O)C([2H])([2H])n2c(SC([2H])([2H])c3ccc(F)cc3)nc(=O)c3c2CCC3)C([2H])([2H])C([2H])([2H])N(CC)CC)c([2H])c(C)c1-c1ccc(C(F)(F)F)cc1.[2H]c1c([2H])c(C([2H])([2H])N(CCN(CC)CC)C(=O)C([2H])([2H])n2c(SC([2H])([2H])c3ccc(F)cc3)nc(=O)c3c2CCC3)c([2H])c(C)c1-c1ccc(C(F)(F)F)cc1. The number of aromatic nitrogens is 6. The highest BCUT2D eigenvalue weighted by molar-refractivity contribution is 7.98. The Morgan fingerprint density at radius 3 is 0.951 bits per heavy atom. The van der Waals surface area contributed by atoms with Crippen molar-refractivity contribution in [2.45, 2.75) is 210 Å². The lowest BCUT2D eigenvalue weighted by Crippen LogP contribution is -2.40. The number of amides is 3. The summed E-state index contributed by atoms with van der Waals surface area (Å²) in [5.74, 6) is -7.45. The largest absolute Gasteiger partial charge is 0.416 e. The van der Waals surface area contributed by atoms with Crippen molar-refractivity contribution in [3.05, 3.63) is 349 Å². The van der Waals surface area contributed by atoms with Gasteiger partial charge in [0.2, 0.25) is 17.7 Å². The molecule has 0 aliphatic heterocycles. The lowest BCUT2D eigenvalue weighted by molar-refractivity contribution is -0.138. The number of fused-ring (bicyclic) bond motifs is 3. The van der Waals surface area contributed by atoms with E-state index in [9.17, 15) is 95.8 Å². The number of likely N-dealkylation sites (N-methyl/N-ethyl adjacent to an activating group) is 3. The quantitative estimate of drug-likeness (QED) is 0.0202. The molecule has 0 fully saturated rings. The molecule has 3 heterocycles. The van der Waals surface area contributed by atoms with Gasteiger partial charge in [0.05, 0.1) is 48.2 Å². The number of rotatable bonds is 39. The van der Waals surface area contributed by atoms with Crippen LogP contribution in [0.25, 0.3) is 33.4 Å². The summed E-state index contributed by atoms with van der Waals surface area (Å²) in [4.78, 5) is 100. The first kappa shape index (κ1) is 72.4. The first-order valence-electron chi connectivity index (χ1n) is 62.1. The van der Waals surface area contributed by atoms with Crippen LogP contribution in [0.4, 0.5) is 52.7 Å². The first-order valence-corrected chi connectivity index (χ1v) is 48.0. The third kappa shape index (κ3) is 29.1. The van der Waals surface area contributed by atoms with Gasteiger partial charge in [-0.2, -0.15) is 54.5 Å². The number of halogens is 12. The van der Waals surface area contributed by atoms with E-state index in [0.29, 0.717) is 63.9 Å². The van der Waals surface area contributed by atoms with E-state index in [4.69, 9.17) is 26.0 Å². The highest BCUT2D eigenvalue weighted by Crippen LogP contribution is 2.39. The zero-order chi connectivity index (χ0) is 133. The van der Waals surface area contributed by atoms with E-state index in [2.05, 4.69) is 15.0 Å². The summed E-state index contributed by atoms with van der Waals surface area (Å²) in [5.41, 5.74) is -16.7. The van der Waals surface area contributed by atoms with Crippen molar-refractivity contribution in [1.82, 2.24) is 58.1 Å². The van der Waals surface area contributed by atoms with Crippen molar-refractivity contribution in [1.29, 1.82) is 0 Å². The zero-order valence-corrected chi connectivity index (χ0v) is 81.6. The van der Waals surface area contributed by atoms with Crippen LogP contribution in [0.15, 0.2) is 230 Å². The molecule has 18 nitrogen and oxygen atoms in total. The van der Waals surface area contributed by atoms with Crippen LogP contribution < -0.4 is 16.7 Å². The van der Waals surface area contributed by atoms with Gasteiger partial charge in [-0.05, 0) is 274 Å². The Morgan fingerprint density at radius 2 is 0.639 bits per heavy atom. The fourth-order valence-corrected chi connectivity index (χ4v) is 17.4. The molecular weight excluding hydrogens is 1920 g/mol. The number of alkyl halides is 9. The number of nitrogens with zero attached hydrogens (tertiary/aromatic N) is 12. The van der Waals surface area contributed by atoms with Crippen molar-refractivity contribution >= 4 is 53.0 Å². The van der Waals surface area contributed by atoms with Gasteiger partial charge in [-0.25, -0.2) is 13.2 Å². The maximum atomic E-state index is 15.1. The maximum absolute atomic E-state index is 15.1. The van der Waals surface area contributed by atoms with Crippen LogP contribution in [0.5, 0.6) is 0 Å². The van der Waals surface area contributed by atoms with Crippen molar-refractivity contribution in [2.75, 3.05) is 78.3 Å². The van der Waals surface area contributed by atoms with Gasteiger partial charge in [0, 0.05) is 123 Å². The summed E-state index contributed by atoms with van der Waals surface area (Å²) < 4.78 is 463. The van der Waals surface area contributed by atoms with E-state index >= 15 is 4.79 Å². The fraction of sp³-hybridized carbons (Fsp3) is 0.378. The van der Waals surface area contributed by atoms with Crippen molar-refractivity contribution in [3.8, 4) is 33.4 Å². The molecule has 3 aliphatic rings. The van der Waals surface area contributed by atoms with E-state index in [1.54, 1.807) is 0 Å².